The molecular weight excluding hydrogens is 374 g/mol. The van der Waals surface area contributed by atoms with Crippen LogP contribution in [-0.2, 0) is 13.0 Å². The molecule has 5 nitrogen and oxygen atoms in total. The Kier molecular flexibility index (Phi) is 5.69. The van der Waals surface area contributed by atoms with Gasteiger partial charge in [0.25, 0.3) is 0 Å². The Hall–Kier alpha value is -2.64. The normalized spacial score (nSPS) is 20.1. The molecule has 7 heteroatoms. The van der Waals surface area contributed by atoms with E-state index in [9.17, 15) is 13.9 Å². The van der Waals surface area contributed by atoms with Crippen LogP contribution in [-0.4, -0.2) is 44.2 Å². The molecular formula is C22H24F2N4O. The fourth-order valence-electron chi connectivity index (χ4n) is 4.23. The van der Waals surface area contributed by atoms with Crippen molar-refractivity contribution >= 4 is 0 Å². The number of benzene rings is 1. The maximum Gasteiger partial charge on any atom is 0.233 e. The Morgan fingerprint density at radius 1 is 1.10 bits per heavy atom. The van der Waals surface area contributed by atoms with E-state index in [0.717, 1.165) is 31.1 Å². The van der Waals surface area contributed by atoms with Gasteiger partial charge in [0.2, 0.25) is 5.95 Å². The molecule has 3 aromatic rings. The zero-order valence-electron chi connectivity index (χ0n) is 16.1. The van der Waals surface area contributed by atoms with Crippen LogP contribution in [0.4, 0.5) is 8.78 Å². The van der Waals surface area contributed by atoms with E-state index in [2.05, 4.69) is 14.9 Å². The van der Waals surface area contributed by atoms with Crippen molar-refractivity contribution in [1.29, 1.82) is 0 Å². The Balaban J connectivity index is 1.51. The van der Waals surface area contributed by atoms with Gasteiger partial charge in [0.05, 0.1) is 6.61 Å². The second-order valence-corrected chi connectivity index (χ2v) is 7.80. The lowest BCUT2D eigenvalue weighted by Crippen LogP contribution is -2.46. The van der Waals surface area contributed by atoms with Crippen molar-refractivity contribution < 1.29 is 13.9 Å². The molecule has 1 aliphatic rings. The average molecular weight is 398 g/mol. The average Bonchev–Trinajstić information content (AvgIpc) is 3.19. The predicted molar refractivity (Wildman–Crippen MR) is 105 cm³/mol. The van der Waals surface area contributed by atoms with Crippen molar-refractivity contribution in [3.05, 3.63) is 77.9 Å². The van der Waals surface area contributed by atoms with Gasteiger partial charge in [0, 0.05) is 48.9 Å². The largest absolute Gasteiger partial charge is 0.396 e. The van der Waals surface area contributed by atoms with Gasteiger partial charge in [0.15, 0.2) is 0 Å². The van der Waals surface area contributed by atoms with Gasteiger partial charge in [-0.3, -0.25) is 9.47 Å². The monoisotopic (exact) mass is 398 g/mol. The molecule has 152 valence electrons. The van der Waals surface area contributed by atoms with Gasteiger partial charge in [-0.2, -0.15) is 0 Å². The van der Waals surface area contributed by atoms with Gasteiger partial charge in [-0.15, -0.1) is 0 Å². The van der Waals surface area contributed by atoms with E-state index in [-0.39, 0.29) is 6.61 Å². The molecule has 4 rings (SSSR count). The molecule has 3 heterocycles. The van der Waals surface area contributed by atoms with Crippen molar-refractivity contribution in [3.63, 3.8) is 0 Å². The molecule has 1 saturated heterocycles. The number of nitrogens with zero attached hydrogens (tertiary/aromatic N) is 4. The number of halogens is 2. The standard InChI is InChI=1S/C22H24F2N4O/c23-18-6-5-17(20(24)12-18)13-22(16-29)7-2-10-27(15-22)14-19-4-1-11-28(19)21-25-8-3-9-26-21/h1,3-6,8-9,11-12,29H,2,7,10,13-16H2. The van der Waals surface area contributed by atoms with Crippen molar-refractivity contribution in [2.75, 3.05) is 19.7 Å². The third kappa shape index (κ3) is 4.36. The Bertz CT molecular complexity index is 962. The lowest BCUT2D eigenvalue weighted by molar-refractivity contribution is 0.0275. The molecule has 1 fully saturated rings. The van der Waals surface area contributed by atoms with Gasteiger partial charge in [-0.05, 0) is 55.6 Å². The molecule has 1 aromatic carbocycles. The highest BCUT2D eigenvalue weighted by molar-refractivity contribution is 5.22. The third-order valence-corrected chi connectivity index (χ3v) is 5.64. The Morgan fingerprint density at radius 3 is 2.69 bits per heavy atom. The minimum atomic E-state index is -0.585. The quantitative estimate of drug-likeness (QED) is 0.692. The molecule has 1 unspecified atom stereocenters. The Labute approximate surface area is 168 Å². The maximum absolute atomic E-state index is 14.2. The van der Waals surface area contributed by atoms with Gasteiger partial charge in [-0.25, -0.2) is 18.7 Å². The highest BCUT2D eigenvalue weighted by atomic mass is 19.1. The molecule has 1 atom stereocenters. The minimum absolute atomic E-state index is 0.0386. The van der Waals surface area contributed by atoms with E-state index < -0.39 is 17.0 Å². The highest BCUT2D eigenvalue weighted by Crippen LogP contribution is 2.35. The van der Waals surface area contributed by atoms with Crippen LogP contribution in [0.5, 0.6) is 0 Å². The molecule has 2 aromatic heterocycles. The summed E-state index contributed by atoms with van der Waals surface area (Å²) in [4.78, 5) is 10.9. The van der Waals surface area contributed by atoms with Gasteiger partial charge in [0.1, 0.15) is 11.6 Å². The van der Waals surface area contributed by atoms with Gasteiger partial charge < -0.3 is 5.11 Å². The number of piperidine rings is 1. The summed E-state index contributed by atoms with van der Waals surface area (Å²) in [5.74, 6) is -0.519. The number of aromatic nitrogens is 3. The van der Waals surface area contributed by atoms with E-state index in [0.29, 0.717) is 31.0 Å². The summed E-state index contributed by atoms with van der Waals surface area (Å²) in [5, 5.41) is 10.2. The molecule has 0 spiro atoms. The minimum Gasteiger partial charge on any atom is -0.396 e. The first-order valence-electron chi connectivity index (χ1n) is 9.79. The smallest absolute Gasteiger partial charge is 0.233 e. The van der Waals surface area contributed by atoms with Crippen LogP contribution in [0, 0.1) is 17.0 Å². The summed E-state index contributed by atoms with van der Waals surface area (Å²) < 4.78 is 29.4. The topological polar surface area (TPSA) is 54.2 Å². The second-order valence-electron chi connectivity index (χ2n) is 7.80. The first-order chi connectivity index (χ1) is 14.1. The predicted octanol–water partition coefficient (Wildman–Crippen LogP) is 3.36. The van der Waals surface area contributed by atoms with E-state index >= 15 is 0 Å². The van der Waals surface area contributed by atoms with Crippen LogP contribution in [0.1, 0.15) is 24.1 Å². The zero-order valence-corrected chi connectivity index (χ0v) is 16.1. The van der Waals surface area contributed by atoms with Gasteiger partial charge in [-0.1, -0.05) is 6.07 Å². The van der Waals surface area contributed by atoms with E-state index in [1.54, 1.807) is 18.5 Å². The molecule has 0 bridgehead atoms. The fraction of sp³-hybridized carbons (Fsp3) is 0.364. The molecule has 0 amide bonds. The third-order valence-electron chi connectivity index (χ3n) is 5.64. The van der Waals surface area contributed by atoms with E-state index in [1.165, 1.54) is 12.1 Å². The number of hydrogen-bond donors (Lipinski definition) is 1. The number of hydrogen-bond acceptors (Lipinski definition) is 4. The summed E-state index contributed by atoms with van der Waals surface area (Å²) >= 11 is 0. The number of aliphatic hydroxyl groups is 1. The lowest BCUT2D eigenvalue weighted by atomic mass is 9.75. The number of likely N-dealkylation sites (tertiary alicyclic amines) is 1. The van der Waals surface area contributed by atoms with Crippen molar-refractivity contribution in [2.45, 2.75) is 25.8 Å². The summed E-state index contributed by atoms with van der Waals surface area (Å²) in [7, 11) is 0. The van der Waals surface area contributed by atoms with Crippen molar-refractivity contribution in [2.24, 2.45) is 5.41 Å². The fourth-order valence-corrected chi connectivity index (χ4v) is 4.23. The summed E-state index contributed by atoms with van der Waals surface area (Å²) in [6.07, 6.45) is 7.45. The number of rotatable bonds is 6. The van der Waals surface area contributed by atoms with E-state index in [1.807, 2.05) is 22.9 Å². The second kappa shape index (κ2) is 8.39. The zero-order chi connectivity index (χ0) is 20.3. The van der Waals surface area contributed by atoms with Gasteiger partial charge >= 0.3 is 0 Å². The van der Waals surface area contributed by atoms with E-state index in [4.69, 9.17) is 0 Å². The Morgan fingerprint density at radius 2 is 1.93 bits per heavy atom. The van der Waals surface area contributed by atoms with Crippen LogP contribution in [0.3, 0.4) is 0 Å². The summed E-state index contributed by atoms with van der Waals surface area (Å²) in [6, 6.07) is 9.44. The molecule has 29 heavy (non-hydrogen) atoms. The first kappa shape index (κ1) is 19.7. The first-order valence-corrected chi connectivity index (χ1v) is 9.79. The molecule has 0 saturated carbocycles. The molecule has 0 radical (unpaired) electrons. The SMILES string of the molecule is OCC1(Cc2ccc(F)cc2F)CCCN(Cc2cccn2-c2ncccn2)C1. The van der Waals surface area contributed by atoms with Crippen LogP contribution >= 0.6 is 0 Å². The van der Waals surface area contributed by atoms with Crippen LogP contribution in [0.25, 0.3) is 5.95 Å². The van der Waals surface area contributed by atoms with Crippen molar-refractivity contribution in [1.82, 2.24) is 19.4 Å². The number of aliphatic hydroxyl groups excluding tert-OH is 1. The molecule has 0 aliphatic carbocycles. The molecule has 1 aliphatic heterocycles. The summed E-state index contributed by atoms with van der Waals surface area (Å²) in [6.45, 7) is 2.18. The van der Waals surface area contributed by atoms with Crippen LogP contribution < -0.4 is 0 Å². The lowest BCUT2D eigenvalue weighted by Gasteiger charge is -2.42. The summed E-state index contributed by atoms with van der Waals surface area (Å²) in [5.41, 5.74) is 1.05. The maximum atomic E-state index is 14.2. The van der Waals surface area contributed by atoms with Crippen LogP contribution in [0.2, 0.25) is 0 Å². The van der Waals surface area contributed by atoms with Crippen LogP contribution in [0.15, 0.2) is 55.0 Å². The van der Waals surface area contributed by atoms with Crippen molar-refractivity contribution in [3.8, 4) is 5.95 Å². The highest BCUT2D eigenvalue weighted by Gasteiger charge is 2.36. The molecule has 1 N–H and O–H groups in total.